The van der Waals surface area contributed by atoms with Crippen LogP contribution in [0.15, 0.2) is 47.0 Å². The molecule has 0 spiro atoms. The maximum Gasteiger partial charge on any atom is 0.338 e. The van der Waals surface area contributed by atoms with E-state index in [0.717, 1.165) is 11.1 Å². The number of amides is 1. The van der Waals surface area contributed by atoms with E-state index in [1.807, 2.05) is 25.1 Å². The van der Waals surface area contributed by atoms with Crippen molar-refractivity contribution in [3.63, 3.8) is 0 Å². The highest BCUT2D eigenvalue weighted by atomic mass is 16.5. The van der Waals surface area contributed by atoms with Crippen molar-refractivity contribution in [3.8, 4) is 17.1 Å². The molecule has 0 atom stereocenters. The Morgan fingerprint density at radius 2 is 1.96 bits per heavy atom. The molecule has 0 radical (unpaired) electrons. The largest absolute Gasteiger partial charge is 0.488 e. The number of nitrogens with one attached hydrogen (secondary N) is 1. The summed E-state index contributed by atoms with van der Waals surface area (Å²) in [6, 6.07) is 12.2. The Balaban J connectivity index is 1.55. The number of carbonyl (C=O) groups excluding carboxylic acids is 2. The molecule has 0 bridgehead atoms. The van der Waals surface area contributed by atoms with E-state index in [0.29, 0.717) is 34.9 Å². The standard InChI is InChI=1S/C21H18N2O5/c1-3-26-21(25)13-5-7-14(8-6-13)22-20(24)18-16-11-27-17-9-4-12(2)10-15(17)19(16)28-23-18/h4-10H,3,11H2,1-2H3,(H,22,24). The van der Waals surface area contributed by atoms with E-state index in [1.54, 1.807) is 31.2 Å². The Bertz CT molecular complexity index is 1050. The third kappa shape index (κ3) is 3.22. The van der Waals surface area contributed by atoms with Gasteiger partial charge in [0.15, 0.2) is 11.5 Å². The van der Waals surface area contributed by atoms with Crippen molar-refractivity contribution in [2.24, 2.45) is 0 Å². The summed E-state index contributed by atoms with van der Waals surface area (Å²) >= 11 is 0. The third-order valence-electron chi connectivity index (χ3n) is 4.41. The van der Waals surface area contributed by atoms with Gasteiger partial charge >= 0.3 is 5.97 Å². The fraction of sp³-hybridized carbons (Fsp3) is 0.190. The van der Waals surface area contributed by atoms with Gasteiger partial charge in [-0.1, -0.05) is 16.8 Å². The number of anilines is 1. The maximum absolute atomic E-state index is 12.7. The van der Waals surface area contributed by atoms with Crippen LogP contribution in [0.2, 0.25) is 0 Å². The number of rotatable bonds is 4. The van der Waals surface area contributed by atoms with Crippen LogP contribution in [0.5, 0.6) is 5.75 Å². The Morgan fingerprint density at radius 1 is 1.18 bits per heavy atom. The van der Waals surface area contributed by atoms with E-state index >= 15 is 0 Å². The molecule has 0 aliphatic carbocycles. The molecule has 1 amide bonds. The smallest absolute Gasteiger partial charge is 0.338 e. The molecule has 1 aliphatic rings. The van der Waals surface area contributed by atoms with Crippen molar-refractivity contribution in [2.45, 2.75) is 20.5 Å². The first-order valence-corrected chi connectivity index (χ1v) is 8.87. The van der Waals surface area contributed by atoms with Gasteiger partial charge in [0.2, 0.25) is 0 Å². The van der Waals surface area contributed by atoms with E-state index < -0.39 is 11.9 Å². The average Bonchev–Trinajstić information content (AvgIpc) is 3.13. The van der Waals surface area contributed by atoms with Gasteiger partial charge in [0, 0.05) is 5.69 Å². The lowest BCUT2D eigenvalue weighted by Crippen LogP contribution is -2.16. The molecule has 1 aliphatic heterocycles. The lowest BCUT2D eigenvalue weighted by atomic mass is 10.0. The van der Waals surface area contributed by atoms with Crippen LogP contribution in [-0.2, 0) is 11.3 Å². The summed E-state index contributed by atoms with van der Waals surface area (Å²) in [7, 11) is 0. The molecule has 1 aromatic heterocycles. The molecule has 28 heavy (non-hydrogen) atoms. The van der Waals surface area contributed by atoms with Crippen molar-refractivity contribution in [1.29, 1.82) is 0 Å². The second kappa shape index (κ2) is 7.19. The number of aromatic nitrogens is 1. The first-order chi connectivity index (χ1) is 13.6. The molecule has 7 nitrogen and oxygen atoms in total. The average molecular weight is 378 g/mol. The summed E-state index contributed by atoms with van der Waals surface area (Å²) in [5, 5.41) is 6.71. The number of ether oxygens (including phenoxy) is 2. The topological polar surface area (TPSA) is 90.7 Å². The van der Waals surface area contributed by atoms with Crippen LogP contribution in [0.1, 0.15) is 38.9 Å². The van der Waals surface area contributed by atoms with E-state index in [1.165, 1.54) is 0 Å². The Hall–Kier alpha value is -3.61. The van der Waals surface area contributed by atoms with Crippen LogP contribution in [0.25, 0.3) is 11.3 Å². The summed E-state index contributed by atoms with van der Waals surface area (Å²) in [6.07, 6.45) is 0. The van der Waals surface area contributed by atoms with Crippen molar-refractivity contribution in [1.82, 2.24) is 5.16 Å². The SMILES string of the molecule is CCOC(=O)c1ccc(NC(=O)c2noc3c2COc2ccc(C)cc2-3)cc1. The predicted molar refractivity (Wildman–Crippen MR) is 101 cm³/mol. The Labute approximate surface area is 161 Å². The van der Waals surface area contributed by atoms with Gasteiger partial charge in [0.1, 0.15) is 12.4 Å². The summed E-state index contributed by atoms with van der Waals surface area (Å²) < 4.78 is 16.1. The molecule has 2 heterocycles. The molecular formula is C21H18N2O5. The van der Waals surface area contributed by atoms with Gasteiger partial charge < -0.3 is 19.3 Å². The van der Waals surface area contributed by atoms with Gasteiger partial charge in [-0.3, -0.25) is 4.79 Å². The highest BCUT2D eigenvalue weighted by Gasteiger charge is 2.29. The number of nitrogens with zero attached hydrogens (tertiary/aromatic N) is 1. The molecule has 142 valence electrons. The zero-order valence-electron chi connectivity index (χ0n) is 15.4. The van der Waals surface area contributed by atoms with Crippen LogP contribution in [0.4, 0.5) is 5.69 Å². The summed E-state index contributed by atoms with van der Waals surface area (Å²) in [5.41, 5.74) is 3.57. The molecule has 0 saturated heterocycles. The zero-order valence-corrected chi connectivity index (χ0v) is 15.4. The van der Waals surface area contributed by atoms with Gasteiger partial charge in [-0.25, -0.2) is 4.79 Å². The number of hydrogen-bond acceptors (Lipinski definition) is 6. The van der Waals surface area contributed by atoms with Crippen molar-refractivity contribution in [3.05, 3.63) is 64.8 Å². The molecule has 2 aromatic carbocycles. The van der Waals surface area contributed by atoms with Crippen molar-refractivity contribution >= 4 is 17.6 Å². The molecule has 1 N–H and O–H groups in total. The van der Waals surface area contributed by atoms with Crippen LogP contribution >= 0.6 is 0 Å². The number of benzene rings is 2. The molecule has 7 heteroatoms. The normalized spacial score (nSPS) is 11.8. The second-order valence-electron chi connectivity index (χ2n) is 6.38. The third-order valence-corrected chi connectivity index (χ3v) is 4.41. The number of fused-ring (bicyclic) bond motifs is 3. The Morgan fingerprint density at radius 3 is 2.71 bits per heavy atom. The summed E-state index contributed by atoms with van der Waals surface area (Å²) in [5.74, 6) is 0.439. The molecule has 0 unspecified atom stereocenters. The monoisotopic (exact) mass is 378 g/mol. The number of aryl methyl sites for hydroxylation is 1. The summed E-state index contributed by atoms with van der Waals surface area (Å²) in [6.45, 7) is 4.23. The number of esters is 1. The first kappa shape index (κ1) is 17.8. The lowest BCUT2D eigenvalue weighted by molar-refractivity contribution is 0.0526. The highest BCUT2D eigenvalue weighted by molar-refractivity contribution is 6.05. The molecule has 4 rings (SSSR count). The van der Waals surface area contributed by atoms with Crippen LogP contribution in [-0.4, -0.2) is 23.6 Å². The minimum absolute atomic E-state index is 0.177. The van der Waals surface area contributed by atoms with Crippen LogP contribution < -0.4 is 10.1 Å². The van der Waals surface area contributed by atoms with Gasteiger partial charge in [-0.15, -0.1) is 0 Å². The van der Waals surface area contributed by atoms with Crippen molar-refractivity contribution in [2.75, 3.05) is 11.9 Å². The van der Waals surface area contributed by atoms with Gasteiger partial charge in [-0.05, 0) is 50.2 Å². The van der Waals surface area contributed by atoms with Crippen LogP contribution in [0.3, 0.4) is 0 Å². The van der Waals surface area contributed by atoms with Crippen LogP contribution in [0, 0.1) is 6.92 Å². The highest BCUT2D eigenvalue weighted by Crippen LogP contribution is 2.39. The molecule has 0 saturated carbocycles. The minimum Gasteiger partial charge on any atom is -0.488 e. The molecular weight excluding hydrogens is 360 g/mol. The molecule has 0 fully saturated rings. The van der Waals surface area contributed by atoms with Crippen molar-refractivity contribution < 1.29 is 23.6 Å². The maximum atomic E-state index is 12.7. The fourth-order valence-electron chi connectivity index (χ4n) is 3.02. The van der Waals surface area contributed by atoms with E-state index in [-0.39, 0.29) is 12.3 Å². The quantitative estimate of drug-likeness (QED) is 0.691. The van der Waals surface area contributed by atoms with E-state index in [4.69, 9.17) is 14.0 Å². The molecule has 3 aromatic rings. The number of carbonyl (C=O) groups is 2. The van der Waals surface area contributed by atoms with Gasteiger partial charge in [0.25, 0.3) is 5.91 Å². The van der Waals surface area contributed by atoms with Gasteiger partial charge in [-0.2, -0.15) is 0 Å². The lowest BCUT2D eigenvalue weighted by Gasteiger charge is -2.16. The van der Waals surface area contributed by atoms with Gasteiger partial charge in [0.05, 0.1) is 23.3 Å². The first-order valence-electron chi connectivity index (χ1n) is 8.87. The van der Waals surface area contributed by atoms with E-state index in [2.05, 4.69) is 10.5 Å². The second-order valence-corrected chi connectivity index (χ2v) is 6.38. The Kier molecular flexibility index (Phi) is 4.57. The fourth-order valence-corrected chi connectivity index (χ4v) is 3.02. The van der Waals surface area contributed by atoms with E-state index in [9.17, 15) is 9.59 Å². The minimum atomic E-state index is -0.409. The predicted octanol–water partition coefficient (Wildman–Crippen LogP) is 3.97. The zero-order chi connectivity index (χ0) is 19.7. The summed E-state index contributed by atoms with van der Waals surface area (Å²) in [4.78, 5) is 24.4. The number of hydrogen-bond donors (Lipinski definition) is 1.